The van der Waals surface area contributed by atoms with Crippen LogP contribution in [-0.4, -0.2) is 47.1 Å². The first-order valence-corrected chi connectivity index (χ1v) is 7.77. The van der Waals surface area contributed by atoms with Gasteiger partial charge in [-0.25, -0.2) is 9.97 Å². The Bertz CT molecular complexity index is 475. The van der Waals surface area contributed by atoms with Gasteiger partial charge in [-0.3, -0.25) is 4.90 Å². The van der Waals surface area contributed by atoms with Gasteiger partial charge in [0.1, 0.15) is 18.0 Å². The summed E-state index contributed by atoms with van der Waals surface area (Å²) in [7, 11) is 2.27. The summed E-state index contributed by atoms with van der Waals surface area (Å²) in [5.74, 6) is 1.72. The molecular weight excluding hydrogens is 250 g/mol. The molecule has 20 heavy (non-hydrogen) atoms. The fraction of sp³-hybridized carbons (Fsp3) is 0.733. The van der Waals surface area contributed by atoms with E-state index in [-0.39, 0.29) is 0 Å². The summed E-state index contributed by atoms with van der Waals surface area (Å²) in [5, 5.41) is 0. The highest BCUT2D eigenvalue weighted by molar-refractivity contribution is 5.57. The molecule has 2 aliphatic heterocycles. The van der Waals surface area contributed by atoms with Gasteiger partial charge < -0.3 is 10.6 Å². The molecule has 2 bridgehead atoms. The molecule has 110 valence electrons. The molecule has 0 amide bonds. The number of hydrogen-bond acceptors (Lipinski definition) is 5. The molecule has 5 heteroatoms. The van der Waals surface area contributed by atoms with Gasteiger partial charge in [0.05, 0.1) is 0 Å². The van der Waals surface area contributed by atoms with Crippen molar-refractivity contribution in [2.75, 3.05) is 30.8 Å². The largest absolute Gasteiger partial charge is 0.383 e. The summed E-state index contributed by atoms with van der Waals surface area (Å²) in [6.45, 7) is 4.33. The number of hydrogen-bond donors (Lipinski definition) is 1. The Hall–Kier alpha value is -1.36. The van der Waals surface area contributed by atoms with Crippen LogP contribution in [0.25, 0.3) is 0 Å². The third kappa shape index (κ3) is 2.35. The zero-order valence-electron chi connectivity index (χ0n) is 12.5. The summed E-state index contributed by atoms with van der Waals surface area (Å²) < 4.78 is 0. The van der Waals surface area contributed by atoms with Gasteiger partial charge in [0.15, 0.2) is 0 Å². The van der Waals surface area contributed by atoms with E-state index in [1.807, 2.05) is 0 Å². The smallest absolute Gasteiger partial charge is 0.137 e. The highest BCUT2D eigenvalue weighted by Crippen LogP contribution is 2.32. The summed E-state index contributed by atoms with van der Waals surface area (Å²) >= 11 is 0. The molecule has 2 saturated heterocycles. The van der Waals surface area contributed by atoms with Crippen LogP contribution >= 0.6 is 0 Å². The van der Waals surface area contributed by atoms with E-state index in [0.29, 0.717) is 11.9 Å². The maximum absolute atomic E-state index is 6.07. The Labute approximate surface area is 121 Å². The molecule has 3 heterocycles. The maximum Gasteiger partial charge on any atom is 0.137 e. The molecular formula is C15H25N5. The lowest BCUT2D eigenvalue weighted by Crippen LogP contribution is -2.37. The van der Waals surface area contributed by atoms with Crippen molar-refractivity contribution in [2.45, 2.75) is 51.1 Å². The average Bonchev–Trinajstić information content (AvgIpc) is 2.66. The average molecular weight is 275 g/mol. The number of anilines is 2. The van der Waals surface area contributed by atoms with Crippen LogP contribution in [0.15, 0.2) is 6.33 Å². The molecule has 0 radical (unpaired) electrons. The minimum Gasteiger partial charge on any atom is -0.383 e. The molecule has 2 N–H and O–H groups in total. The molecule has 2 aliphatic rings. The molecule has 5 nitrogen and oxygen atoms in total. The van der Waals surface area contributed by atoms with Crippen molar-refractivity contribution in [3.63, 3.8) is 0 Å². The van der Waals surface area contributed by atoms with Crippen LogP contribution in [0.2, 0.25) is 0 Å². The van der Waals surface area contributed by atoms with Crippen molar-refractivity contribution in [3.05, 3.63) is 11.9 Å². The van der Waals surface area contributed by atoms with Gasteiger partial charge in [-0.15, -0.1) is 0 Å². The Balaban J connectivity index is 1.87. The van der Waals surface area contributed by atoms with E-state index in [4.69, 9.17) is 5.73 Å². The van der Waals surface area contributed by atoms with Crippen LogP contribution in [0.1, 0.15) is 38.2 Å². The third-order valence-electron chi connectivity index (χ3n) is 4.90. The van der Waals surface area contributed by atoms with Crippen molar-refractivity contribution in [1.29, 1.82) is 0 Å². The minimum absolute atomic E-state index is 0.652. The lowest BCUT2D eigenvalue weighted by atomic mass is 10.1. The van der Waals surface area contributed by atoms with Crippen molar-refractivity contribution in [3.8, 4) is 0 Å². The topological polar surface area (TPSA) is 58.3 Å². The highest BCUT2D eigenvalue weighted by Gasteiger charge is 2.35. The van der Waals surface area contributed by atoms with Gasteiger partial charge in [-0.2, -0.15) is 0 Å². The molecule has 2 fully saturated rings. The van der Waals surface area contributed by atoms with E-state index in [2.05, 4.69) is 33.7 Å². The molecule has 0 aliphatic carbocycles. The van der Waals surface area contributed by atoms with E-state index in [9.17, 15) is 0 Å². The molecule has 2 unspecified atom stereocenters. The van der Waals surface area contributed by atoms with Crippen molar-refractivity contribution >= 4 is 11.6 Å². The van der Waals surface area contributed by atoms with Crippen LogP contribution in [-0.2, 0) is 6.42 Å². The fourth-order valence-corrected chi connectivity index (χ4v) is 3.68. The number of aromatic nitrogens is 2. The minimum atomic E-state index is 0.652. The molecule has 0 saturated carbocycles. The summed E-state index contributed by atoms with van der Waals surface area (Å²) in [5.41, 5.74) is 7.20. The van der Waals surface area contributed by atoms with Gasteiger partial charge in [0.2, 0.25) is 0 Å². The van der Waals surface area contributed by atoms with Crippen LogP contribution in [0.3, 0.4) is 0 Å². The molecule has 3 rings (SSSR count). The summed E-state index contributed by atoms with van der Waals surface area (Å²) in [4.78, 5) is 13.7. The summed E-state index contributed by atoms with van der Waals surface area (Å²) in [6.07, 6.45) is 7.52. The van der Waals surface area contributed by atoms with E-state index < -0.39 is 0 Å². The predicted octanol–water partition coefficient (Wildman–Crippen LogP) is 1.68. The Kier molecular flexibility index (Phi) is 3.78. The first-order valence-electron chi connectivity index (χ1n) is 7.77. The number of nitrogen functional groups attached to an aromatic ring is 1. The lowest BCUT2D eigenvalue weighted by Gasteiger charge is -2.28. The van der Waals surface area contributed by atoms with E-state index in [0.717, 1.165) is 43.4 Å². The Morgan fingerprint density at radius 2 is 2.05 bits per heavy atom. The first kappa shape index (κ1) is 13.6. The second-order valence-corrected chi connectivity index (χ2v) is 6.10. The monoisotopic (exact) mass is 275 g/mol. The number of rotatable bonds is 3. The Morgan fingerprint density at radius 3 is 2.85 bits per heavy atom. The number of nitrogens with zero attached hydrogens (tertiary/aromatic N) is 4. The van der Waals surface area contributed by atoms with E-state index >= 15 is 0 Å². The van der Waals surface area contributed by atoms with Gasteiger partial charge in [-0.1, -0.05) is 13.3 Å². The fourth-order valence-electron chi connectivity index (χ4n) is 3.68. The van der Waals surface area contributed by atoms with Crippen LogP contribution < -0.4 is 10.6 Å². The second-order valence-electron chi connectivity index (χ2n) is 6.10. The van der Waals surface area contributed by atoms with Gasteiger partial charge in [0, 0.05) is 30.7 Å². The zero-order valence-corrected chi connectivity index (χ0v) is 12.5. The highest BCUT2D eigenvalue weighted by atomic mass is 15.3. The van der Waals surface area contributed by atoms with Crippen LogP contribution in [0, 0.1) is 0 Å². The second kappa shape index (κ2) is 5.56. The Morgan fingerprint density at radius 1 is 1.25 bits per heavy atom. The lowest BCUT2D eigenvalue weighted by molar-refractivity contribution is 0.254. The normalized spacial score (nSPS) is 26.8. The van der Waals surface area contributed by atoms with Crippen molar-refractivity contribution in [2.24, 2.45) is 0 Å². The van der Waals surface area contributed by atoms with Gasteiger partial charge in [0.25, 0.3) is 0 Å². The molecule has 0 aromatic carbocycles. The third-order valence-corrected chi connectivity index (χ3v) is 4.90. The van der Waals surface area contributed by atoms with E-state index in [1.165, 1.54) is 19.3 Å². The molecule has 1 aromatic heterocycles. The van der Waals surface area contributed by atoms with E-state index in [1.54, 1.807) is 6.33 Å². The molecule has 0 spiro atoms. The number of nitrogens with two attached hydrogens (primary N) is 1. The first-order chi connectivity index (χ1) is 9.70. The van der Waals surface area contributed by atoms with Crippen LogP contribution in [0.4, 0.5) is 11.6 Å². The van der Waals surface area contributed by atoms with Crippen molar-refractivity contribution in [1.82, 2.24) is 14.9 Å². The molecule has 2 atom stereocenters. The van der Waals surface area contributed by atoms with Gasteiger partial charge >= 0.3 is 0 Å². The summed E-state index contributed by atoms with van der Waals surface area (Å²) in [6, 6.07) is 1.41. The van der Waals surface area contributed by atoms with Crippen molar-refractivity contribution < 1.29 is 0 Å². The number of fused-ring (bicyclic) bond motifs is 2. The SMILES string of the molecule is CCCc1c(N)ncnc1N1CCC2CCC(C1)N2C. The number of likely N-dealkylation sites (N-methyl/N-ethyl adjacent to an activating group) is 1. The molecule has 1 aromatic rings. The maximum atomic E-state index is 6.07. The van der Waals surface area contributed by atoms with Crippen LogP contribution in [0.5, 0.6) is 0 Å². The predicted molar refractivity (Wildman–Crippen MR) is 81.8 cm³/mol. The quantitative estimate of drug-likeness (QED) is 0.909. The van der Waals surface area contributed by atoms with Gasteiger partial charge in [-0.05, 0) is 32.7 Å². The standard InChI is InChI=1S/C15H25N5/c1-3-4-13-14(16)17-10-18-15(13)20-8-7-11-5-6-12(9-20)19(11)2/h10-12H,3-9H2,1-2H3,(H2,16,17,18). The zero-order chi connectivity index (χ0) is 14.1.